The molecule has 0 radical (unpaired) electrons. The Morgan fingerprint density at radius 3 is 1.85 bits per heavy atom. The molecule has 13 heavy (non-hydrogen) atoms. The average molecular weight is 190 g/mol. The van der Waals surface area contributed by atoms with E-state index >= 15 is 0 Å². The van der Waals surface area contributed by atoms with E-state index in [4.69, 9.17) is 14.2 Å². The molecule has 0 saturated carbocycles. The van der Waals surface area contributed by atoms with E-state index in [9.17, 15) is 0 Å². The molecule has 0 aliphatic rings. The van der Waals surface area contributed by atoms with Crippen LogP contribution in [-0.4, -0.2) is 38.6 Å². The summed E-state index contributed by atoms with van der Waals surface area (Å²) < 4.78 is 16.0. The molecular weight excluding hydrogens is 168 g/mol. The molecule has 0 aliphatic carbocycles. The Morgan fingerprint density at radius 1 is 0.846 bits per heavy atom. The monoisotopic (exact) mass is 190 g/mol. The summed E-state index contributed by atoms with van der Waals surface area (Å²) in [6.45, 7) is 9.29. The molecule has 0 aromatic rings. The topological polar surface area (TPSA) is 27.7 Å². The summed E-state index contributed by atoms with van der Waals surface area (Å²) in [4.78, 5) is 0. The molecule has 0 amide bonds. The van der Waals surface area contributed by atoms with Crippen molar-refractivity contribution < 1.29 is 14.2 Å². The molecular formula is C10H22O3. The van der Waals surface area contributed by atoms with Crippen molar-refractivity contribution in [3.8, 4) is 0 Å². The molecule has 0 aromatic carbocycles. The van der Waals surface area contributed by atoms with Gasteiger partial charge in [0, 0.05) is 7.11 Å². The number of methoxy groups -OCH3 is 1. The third-order valence-corrected chi connectivity index (χ3v) is 1.68. The zero-order chi connectivity index (χ0) is 10.3. The van der Waals surface area contributed by atoms with Gasteiger partial charge >= 0.3 is 0 Å². The van der Waals surface area contributed by atoms with Gasteiger partial charge in [0.05, 0.1) is 31.5 Å². The summed E-state index contributed by atoms with van der Waals surface area (Å²) in [5.74, 6) is 0. The van der Waals surface area contributed by atoms with Crippen LogP contribution in [0.3, 0.4) is 0 Å². The van der Waals surface area contributed by atoms with Crippen LogP contribution in [0.2, 0.25) is 0 Å². The highest BCUT2D eigenvalue weighted by atomic mass is 16.6. The summed E-state index contributed by atoms with van der Waals surface area (Å²) in [7, 11) is 1.68. The van der Waals surface area contributed by atoms with Gasteiger partial charge in [-0.25, -0.2) is 0 Å². The first-order valence-electron chi connectivity index (χ1n) is 4.82. The Morgan fingerprint density at radius 2 is 1.38 bits per heavy atom. The minimum Gasteiger partial charge on any atom is -0.379 e. The molecule has 0 spiro atoms. The predicted octanol–water partition coefficient (Wildman–Crippen LogP) is 1.85. The summed E-state index contributed by atoms with van der Waals surface area (Å²) in [6, 6.07) is 0. The Hall–Kier alpha value is -0.120. The van der Waals surface area contributed by atoms with Crippen LogP contribution in [0.5, 0.6) is 0 Å². The predicted molar refractivity (Wildman–Crippen MR) is 53.0 cm³/mol. The minimum atomic E-state index is 0.139. The number of hydrogen-bond donors (Lipinski definition) is 0. The Balaban J connectivity index is 3.34. The largest absolute Gasteiger partial charge is 0.379 e. The van der Waals surface area contributed by atoms with Crippen molar-refractivity contribution in [2.24, 2.45) is 0 Å². The smallest absolute Gasteiger partial charge is 0.0781 e. The van der Waals surface area contributed by atoms with Gasteiger partial charge in [-0.1, -0.05) is 0 Å². The van der Waals surface area contributed by atoms with E-state index in [1.54, 1.807) is 7.11 Å². The quantitative estimate of drug-likeness (QED) is 0.613. The number of hydrogen-bond acceptors (Lipinski definition) is 3. The minimum absolute atomic E-state index is 0.139. The molecule has 0 rings (SSSR count). The normalized spacial score (nSPS) is 16.2. The van der Waals surface area contributed by atoms with E-state index in [2.05, 4.69) is 0 Å². The van der Waals surface area contributed by atoms with E-state index in [1.807, 2.05) is 27.7 Å². The molecule has 0 aliphatic heterocycles. The van der Waals surface area contributed by atoms with E-state index in [1.165, 1.54) is 0 Å². The first-order chi connectivity index (χ1) is 6.06. The molecule has 0 saturated heterocycles. The van der Waals surface area contributed by atoms with Crippen LogP contribution >= 0.6 is 0 Å². The van der Waals surface area contributed by atoms with Gasteiger partial charge in [0.15, 0.2) is 0 Å². The molecule has 3 heteroatoms. The molecule has 3 nitrogen and oxygen atoms in total. The SMILES string of the molecule is COC(C)COC(C)COC(C)C. The van der Waals surface area contributed by atoms with E-state index < -0.39 is 0 Å². The van der Waals surface area contributed by atoms with Gasteiger partial charge < -0.3 is 14.2 Å². The van der Waals surface area contributed by atoms with Crippen LogP contribution in [0.25, 0.3) is 0 Å². The third-order valence-electron chi connectivity index (χ3n) is 1.68. The van der Waals surface area contributed by atoms with Gasteiger partial charge in [0.1, 0.15) is 0 Å². The maximum Gasteiger partial charge on any atom is 0.0781 e. The van der Waals surface area contributed by atoms with E-state index in [-0.39, 0.29) is 18.3 Å². The van der Waals surface area contributed by atoms with Crippen molar-refractivity contribution in [2.75, 3.05) is 20.3 Å². The Labute approximate surface area is 81.4 Å². The maximum absolute atomic E-state index is 5.50. The molecule has 0 N–H and O–H groups in total. The van der Waals surface area contributed by atoms with E-state index in [0.29, 0.717) is 13.2 Å². The fraction of sp³-hybridized carbons (Fsp3) is 1.00. The van der Waals surface area contributed by atoms with Crippen molar-refractivity contribution in [3.05, 3.63) is 0 Å². The molecule has 80 valence electrons. The van der Waals surface area contributed by atoms with Crippen LogP contribution < -0.4 is 0 Å². The average Bonchev–Trinajstić information content (AvgIpc) is 2.10. The van der Waals surface area contributed by atoms with Crippen LogP contribution in [0.4, 0.5) is 0 Å². The first-order valence-corrected chi connectivity index (χ1v) is 4.82. The van der Waals surface area contributed by atoms with Gasteiger partial charge in [-0.15, -0.1) is 0 Å². The zero-order valence-electron chi connectivity index (χ0n) is 9.37. The fourth-order valence-electron chi connectivity index (χ4n) is 0.744. The second-order valence-corrected chi connectivity index (χ2v) is 3.57. The Kier molecular flexibility index (Phi) is 7.23. The molecule has 0 heterocycles. The van der Waals surface area contributed by atoms with Gasteiger partial charge in [-0.3, -0.25) is 0 Å². The molecule has 0 bridgehead atoms. The lowest BCUT2D eigenvalue weighted by atomic mass is 10.4. The first kappa shape index (κ1) is 12.9. The van der Waals surface area contributed by atoms with Crippen molar-refractivity contribution >= 4 is 0 Å². The second kappa shape index (κ2) is 7.30. The van der Waals surface area contributed by atoms with Gasteiger partial charge in [-0.2, -0.15) is 0 Å². The molecule has 0 fully saturated rings. The summed E-state index contributed by atoms with van der Waals surface area (Å²) in [5.41, 5.74) is 0. The maximum atomic E-state index is 5.50. The summed E-state index contributed by atoms with van der Waals surface area (Å²) in [6.07, 6.45) is 0.562. The van der Waals surface area contributed by atoms with E-state index in [0.717, 1.165) is 0 Å². The number of rotatable bonds is 7. The standard InChI is InChI=1S/C10H22O3/c1-8(2)12-7-10(4)13-6-9(3)11-5/h8-10H,6-7H2,1-5H3. The van der Waals surface area contributed by atoms with Gasteiger partial charge in [0.2, 0.25) is 0 Å². The highest BCUT2D eigenvalue weighted by Gasteiger charge is 2.06. The lowest BCUT2D eigenvalue weighted by Crippen LogP contribution is -2.23. The number of ether oxygens (including phenoxy) is 3. The third kappa shape index (κ3) is 8.22. The van der Waals surface area contributed by atoms with Crippen LogP contribution in [-0.2, 0) is 14.2 Å². The van der Waals surface area contributed by atoms with Crippen molar-refractivity contribution in [3.63, 3.8) is 0 Å². The Bertz CT molecular complexity index is 115. The van der Waals surface area contributed by atoms with Crippen molar-refractivity contribution in [1.29, 1.82) is 0 Å². The second-order valence-electron chi connectivity index (χ2n) is 3.57. The van der Waals surface area contributed by atoms with Crippen LogP contribution in [0.1, 0.15) is 27.7 Å². The van der Waals surface area contributed by atoms with Crippen molar-refractivity contribution in [2.45, 2.75) is 46.0 Å². The van der Waals surface area contributed by atoms with Gasteiger partial charge in [0.25, 0.3) is 0 Å². The lowest BCUT2D eigenvalue weighted by Gasteiger charge is -2.17. The molecule has 0 aromatic heterocycles. The summed E-state index contributed by atoms with van der Waals surface area (Å²) >= 11 is 0. The lowest BCUT2D eigenvalue weighted by molar-refractivity contribution is -0.0570. The molecule has 2 atom stereocenters. The van der Waals surface area contributed by atoms with Crippen molar-refractivity contribution in [1.82, 2.24) is 0 Å². The highest BCUT2D eigenvalue weighted by Crippen LogP contribution is 1.98. The highest BCUT2D eigenvalue weighted by molar-refractivity contribution is 4.52. The van der Waals surface area contributed by atoms with Gasteiger partial charge in [-0.05, 0) is 27.7 Å². The van der Waals surface area contributed by atoms with Crippen LogP contribution in [0, 0.1) is 0 Å². The van der Waals surface area contributed by atoms with Crippen LogP contribution in [0.15, 0.2) is 0 Å². The zero-order valence-corrected chi connectivity index (χ0v) is 9.37. The molecule has 2 unspecified atom stereocenters. The fourth-order valence-corrected chi connectivity index (χ4v) is 0.744. The summed E-state index contributed by atoms with van der Waals surface area (Å²) in [5, 5.41) is 0.